The first-order chi connectivity index (χ1) is 10.3. The lowest BCUT2D eigenvalue weighted by Crippen LogP contribution is -2.19. The van der Waals surface area contributed by atoms with Crippen LogP contribution in [0.2, 0.25) is 0 Å². The van der Waals surface area contributed by atoms with E-state index in [4.69, 9.17) is 10.4 Å². The molecule has 2 N–H and O–H groups in total. The fourth-order valence-corrected chi connectivity index (χ4v) is 2.40. The van der Waals surface area contributed by atoms with Gasteiger partial charge in [0.15, 0.2) is 5.65 Å². The largest absolute Gasteiger partial charge is 0.357 e. The lowest BCUT2D eigenvalue weighted by Gasteiger charge is -2.16. The molecule has 0 atom stereocenters. The first-order valence-corrected chi connectivity index (χ1v) is 7.01. The van der Waals surface area contributed by atoms with Crippen molar-refractivity contribution in [3.05, 3.63) is 42.9 Å². The Labute approximate surface area is 123 Å². The van der Waals surface area contributed by atoms with E-state index < -0.39 is 0 Å². The van der Waals surface area contributed by atoms with Crippen molar-refractivity contribution in [2.24, 2.45) is 0 Å². The first kappa shape index (κ1) is 13.4. The summed E-state index contributed by atoms with van der Waals surface area (Å²) in [5.74, 6) is 0.989. The molecule has 2 aromatic rings. The van der Waals surface area contributed by atoms with Crippen molar-refractivity contribution >= 4 is 23.4 Å². The Morgan fingerprint density at radius 3 is 2.90 bits per heavy atom. The highest BCUT2D eigenvalue weighted by Crippen LogP contribution is 2.21. The van der Waals surface area contributed by atoms with Crippen molar-refractivity contribution in [1.29, 1.82) is 5.41 Å². The lowest BCUT2D eigenvalue weighted by atomic mass is 10.3. The van der Waals surface area contributed by atoms with Gasteiger partial charge in [0.1, 0.15) is 11.5 Å². The molecular formula is C15H18N6. The van der Waals surface area contributed by atoms with Crippen LogP contribution in [0.25, 0.3) is 5.65 Å². The van der Waals surface area contributed by atoms with Crippen LogP contribution in [0.3, 0.4) is 0 Å². The van der Waals surface area contributed by atoms with E-state index in [1.807, 2.05) is 12.3 Å². The second kappa shape index (κ2) is 5.78. The third kappa shape index (κ3) is 2.65. The van der Waals surface area contributed by atoms with Crippen LogP contribution in [0.5, 0.6) is 0 Å². The minimum absolute atomic E-state index is 0.699. The molecule has 1 saturated heterocycles. The average molecular weight is 282 g/mol. The number of nitrogens with zero attached hydrogens (tertiary/aromatic N) is 4. The van der Waals surface area contributed by atoms with Gasteiger partial charge in [0.05, 0.1) is 6.20 Å². The van der Waals surface area contributed by atoms with Crippen LogP contribution in [0.1, 0.15) is 12.8 Å². The first-order valence-electron chi connectivity index (χ1n) is 7.01. The summed E-state index contributed by atoms with van der Waals surface area (Å²) in [5, 5.41) is 14.7. The van der Waals surface area contributed by atoms with E-state index >= 15 is 0 Å². The molecule has 3 heterocycles. The fourth-order valence-electron chi connectivity index (χ4n) is 2.40. The van der Waals surface area contributed by atoms with Crippen molar-refractivity contribution in [2.75, 3.05) is 23.3 Å². The molecule has 108 valence electrons. The zero-order valence-corrected chi connectivity index (χ0v) is 11.8. The summed E-state index contributed by atoms with van der Waals surface area (Å²) in [7, 11) is 0. The predicted molar refractivity (Wildman–Crippen MR) is 85.1 cm³/mol. The number of hydrogen-bond acceptors (Lipinski definition) is 5. The number of anilines is 2. The average Bonchev–Trinajstić information content (AvgIpc) is 3.17. The quantitative estimate of drug-likeness (QED) is 0.653. The van der Waals surface area contributed by atoms with E-state index in [2.05, 4.69) is 21.9 Å². The third-order valence-electron chi connectivity index (χ3n) is 3.58. The number of allylic oxidation sites excluding steroid dienone is 2. The van der Waals surface area contributed by atoms with Crippen molar-refractivity contribution in [1.82, 2.24) is 14.6 Å². The van der Waals surface area contributed by atoms with Gasteiger partial charge in [-0.05, 0) is 18.9 Å². The Balaban J connectivity index is 1.92. The molecule has 0 radical (unpaired) electrons. The van der Waals surface area contributed by atoms with Crippen LogP contribution < -0.4 is 10.2 Å². The van der Waals surface area contributed by atoms with Gasteiger partial charge in [0.25, 0.3) is 0 Å². The molecule has 21 heavy (non-hydrogen) atoms. The molecule has 0 saturated carbocycles. The van der Waals surface area contributed by atoms with Gasteiger partial charge in [-0.1, -0.05) is 12.7 Å². The molecule has 0 aliphatic carbocycles. The maximum absolute atomic E-state index is 7.25. The van der Waals surface area contributed by atoms with Gasteiger partial charge < -0.3 is 15.6 Å². The Morgan fingerprint density at radius 1 is 1.38 bits per heavy atom. The van der Waals surface area contributed by atoms with Crippen LogP contribution in [0.15, 0.2) is 42.9 Å². The Kier molecular flexibility index (Phi) is 3.68. The van der Waals surface area contributed by atoms with E-state index in [0.29, 0.717) is 5.57 Å². The number of nitrogens with one attached hydrogen (secondary N) is 2. The molecule has 2 aromatic heterocycles. The van der Waals surface area contributed by atoms with Gasteiger partial charge in [-0.2, -0.15) is 5.10 Å². The molecule has 1 aliphatic heterocycles. The van der Waals surface area contributed by atoms with Crippen molar-refractivity contribution < 1.29 is 0 Å². The van der Waals surface area contributed by atoms with Gasteiger partial charge in [0, 0.05) is 37.3 Å². The predicted octanol–water partition coefficient (Wildman–Crippen LogP) is 2.46. The highest BCUT2D eigenvalue weighted by atomic mass is 15.3. The molecule has 0 aromatic carbocycles. The van der Waals surface area contributed by atoms with Crippen molar-refractivity contribution in [3.63, 3.8) is 0 Å². The molecule has 0 spiro atoms. The summed E-state index contributed by atoms with van der Waals surface area (Å²) in [6.07, 6.45) is 10.7. The summed E-state index contributed by atoms with van der Waals surface area (Å²) in [6, 6.07) is 2.00. The molecule has 0 amide bonds. The van der Waals surface area contributed by atoms with Gasteiger partial charge in [-0.15, -0.1) is 0 Å². The number of aromatic nitrogens is 3. The minimum Gasteiger partial charge on any atom is -0.357 e. The Morgan fingerprint density at radius 2 is 2.19 bits per heavy atom. The molecular weight excluding hydrogens is 264 g/mol. The second-order valence-electron chi connectivity index (χ2n) is 4.94. The summed E-state index contributed by atoms with van der Waals surface area (Å²) in [5.41, 5.74) is 2.30. The zero-order chi connectivity index (χ0) is 14.7. The standard InChI is InChI=1S/C15H18N6/c1-2-12(9-16)10-17-13-11-18-21-8-5-14(19-15(13)21)20-6-3-4-7-20/h2,5,8-11,16-17H,1,3-4,6-7H2/b12-10-,16-9?. The second-order valence-corrected chi connectivity index (χ2v) is 4.94. The summed E-state index contributed by atoms with van der Waals surface area (Å²) in [4.78, 5) is 6.99. The molecule has 6 heteroatoms. The smallest absolute Gasteiger partial charge is 0.180 e. The van der Waals surface area contributed by atoms with E-state index in [1.54, 1.807) is 23.0 Å². The molecule has 6 nitrogen and oxygen atoms in total. The summed E-state index contributed by atoms with van der Waals surface area (Å²) >= 11 is 0. The lowest BCUT2D eigenvalue weighted by molar-refractivity contribution is 0.899. The highest BCUT2D eigenvalue weighted by Gasteiger charge is 2.15. The minimum atomic E-state index is 0.699. The van der Waals surface area contributed by atoms with Crippen LogP contribution in [0, 0.1) is 5.41 Å². The molecule has 1 aliphatic rings. The Bertz CT molecular complexity index is 683. The fraction of sp³-hybridized carbons (Fsp3) is 0.267. The highest BCUT2D eigenvalue weighted by molar-refractivity contribution is 5.81. The number of fused-ring (bicyclic) bond motifs is 1. The van der Waals surface area contributed by atoms with Gasteiger partial charge in [-0.25, -0.2) is 9.50 Å². The monoisotopic (exact) mass is 282 g/mol. The van der Waals surface area contributed by atoms with Gasteiger partial charge >= 0.3 is 0 Å². The Hall–Kier alpha value is -2.63. The van der Waals surface area contributed by atoms with E-state index in [1.165, 1.54) is 19.1 Å². The molecule has 0 unspecified atom stereocenters. The van der Waals surface area contributed by atoms with Gasteiger partial charge in [0.2, 0.25) is 0 Å². The van der Waals surface area contributed by atoms with E-state index in [9.17, 15) is 0 Å². The van der Waals surface area contributed by atoms with Crippen LogP contribution in [0.4, 0.5) is 11.5 Å². The molecule has 1 fully saturated rings. The van der Waals surface area contributed by atoms with E-state index in [-0.39, 0.29) is 0 Å². The summed E-state index contributed by atoms with van der Waals surface area (Å²) in [6.45, 7) is 5.79. The maximum atomic E-state index is 7.25. The van der Waals surface area contributed by atoms with Crippen molar-refractivity contribution in [2.45, 2.75) is 12.8 Å². The van der Waals surface area contributed by atoms with Gasteiger partial charge in [-0.3, -0.25) is 0 Å². The molecule has 0 bridgehead atoms. The third-order valence-corrected chi connectivity index (χ3v) is 3.58. The topological polar surface area (TPSA) is 69.3 Å². The zero-order valence-electron chi connectivity index (χ0n) is 11.8. The van der Waals surface area contributed by atoms with Crippen LogP contribution in [-0.2, 0) is 0 Å². The number of hydrogen-bond donors (Lipinski definition) is 2. The summed E-state index contributed by atoms with van der Waals surface area (Å²) < 4.78 is 1.74. The number of rotatable bonds is 5. The van der Waals surface area contributed by atoms with Crippen LogP contribution in [-0.4, -0.2) is 33.9 Å². The molecule has 3 rings (SSSR count). The maximum Gasteiger partial charge on any atom is 0.180 e. The van der Waals surface area contributed by atoms with Crippen molar-refractivity contribution in [3.8, 4) is 0 Å². The van der Waals surface area contributed by atoms with Crippen LogP contribution >= 0.6 is 0 Å². The normalized spacial score (nSPS) is 15.4. The SMILES string of the molecule is C=C/C(C=N)=C/Nc1cnn2ccc(N3CCCC3)nc12. The van der Waals surface area contributed by atoms with E-state index in [0.717, 1.165) is 30.2 Å².